The van der Waals surface area contributed by atoms with Crippen molar-refractivity contribution in [2.45, 2.75) is 38.6 Å². The van der Waals surface area contributed by atoms with Crippen LogP contribution in [0.2, 0.25) is 0 Å². The molecular weight excluding hydrogens is 112 g/mol. The fourth-order valence-electron chi connectivity index (χ4n) is 0.683. The van der Waals surface area contributed by atoms with Gasteiger partial charge in [0, 0.05) is 5.54 Å². The van der Waals surface area contributed by atoms with Crippen molar-refractivity contribution >= 4 is 0 Å². The van der Waals surface area contributed by atoms with E-state index < -0.39 is 0 Å². The van der Waals surface area contributed by atoms with Gasteiger partial charge in [-0.1, -0.05) is 6.92 Å². The van der Waals surface area contributed by atoms with Gasteiger partial charge in [0.15, 0.2) is 0 Å². The Morgan fingerprint density at radius 1 is 1.44 bits per heavy atom. The topological polar surface area (TPSA) is 52.0 Å². The molecule has 0 aliphatic carbocycles. The summed E-state index contributed by atoms with van der Waals surface area (Å²) in [5.74, 6) is 0. The largest absolute Gasteiger partial charge is 0.330 e. The van der Waals surface area contributed by atoms with E-state index in [1.54, 1.807) is 0 Å². The van der Waals surface area contributed by atoms with E-state index in [0.29, 0.717) is 0 Å². The summed E-state index contributed by atoms with van der Waals surface area (Å²) in [5, 5.41) is 0. The van der Waals surface area contributed by atoms with Gasteiger partial charge in [0.2, 0.25) is 0 Å². The van der Waals surface area contributed by atoms with Gasteiger partial charge in [-0.3, -0.25) is 0 Å². The van der Waals surface area contributed by atoms with Gasteiger partial charge in [0.25, 0.3) is 0 Å². The van der Waals surface area contributed by atoms with Crippen molar-refractivity contribution in [2.24, 2.45) is 11.5 Å². The van der Waals surface area contributed by atoms with Gasteiger partial charge < -0.3 is 11.5 Å². The van der Waals surface area contributed by atoms with Crippen molar-refractivity contribution in [2.75, 3.05) is 6.54 Å². The smallest absolute Gasteiger partial charge is 0.0123 e. The Balaban J connectivity index is 3.33. The molecule has 0 saturated heterocycles. The summed E-state index contributed by atoms with van der Waals surface area (Å²) in [4.78, 5) is 0. The van der Waals surface area contributed by atoms with Crippen molar-refractivity contribution in [3.05, 3.63) is 0 Å². The van der Waals surface area contributed by atoms with Gasteiger partial charge >= 0.3 is 0 Å². The van der Waals surface area contributed by atoms with Crippen LogP contribution in [0.3, 0.4) is 0 Å². The molecule has 0 fully saturated rings. The number of nitrogens with two attached hydrogens (primary N) is 2. The zero-order valence-electron chi connectivity index (χ0n) is 6.48. The van der Waals surface area contributed by atoms with E-state index in [0.717, 1.165) is 25.8 Å². The zero-order chi connectivity index (χ0) is 7.33. The first kappa shape index (κ1) is 8.92. The highest BCUT2D eigenvalue weighted by atomic mass is 14.7. The fourth-order valence-corrected chi connectivity index (χ4v) is 0.683. The Morgan fingerprint density at radius 3 is 2.33 bits per heavy atom. The van der Waals surface area contributed by atoms with Crippen molar-refractivity contribution in [3.63, 3.8) is 0 Å². The van der Waals surface area contributed by atoms with Crippen LogP contribution in [0.25, 0.3) is 0 Å². The molecule has 2 heteroatoms. The quantitative estimate of drug-likeness (QED) is 0.593. The molecule has 0 aromatic carbocycles. The van der Waals surface area contributed by atoms with Crippen LogP contribution in [0.15, 0.2) is 0 Å². The van der Waals surface area contributed by atoms with Crippen molar-refractivity contribution < 1.29 is 0 Å². The molecular formula is C7H18N2. The number of hydrogen-bond donors (Lipinski definition) is 2. The van der Waals surface area contributed by atoms with E-state index in [1.165, 1.54) is 0 Å². The highest BCUT2D eigenvalue weighted by molar-refractivity contribution is 4.75. The normalized spacial score (nSPS) is 17.3. The lowest BCUT2D eigenvalue weighted by Gasteiger charge is -2.21. The third kappa shape index (κ3) is 4.43. The van der Waals surface area contributed by atoms with Gasteiger partial charge in [-0.05, 0) is 32.7 Å². The Bertz CT molecular complexity index is 69.3. The second-order valence-electron chi connectivity index (χ2n) is 2.90. The molecule has 1 unspecified atom stereocenters. The van der Waals surface area contributed by atoms with Crippen molar-refractivity contribution in [1.82, 2.24) is 0 Å². The molecule has 0 radical (unpaired) electrons. The van der Waals surface area contributed by atoms with E-state index >= 15 is 0 Å². The van der Waals surface area contributed by atoms with Crippen molar-refractivity contribution in [1.29, 1.82) is 0 Å². The Labute approximate surface area is 57.6 Å². The summed E-state index contributed by atoms with van der Waals surface area (Å²) < 4.78 is 0. The van der Waals surface area contributed by atoms with Crippen LogP contribution in [0.4, 0.5) is 0 Å². The second-order valence-corrected chi connectivity index (χ2v) is 2.90. The number of hydrogen-bond acceptors (Lipinski definition) is 2. The highest BCUT2D eigenvalue weighted by Crippen LogP contribution is 2.11. The maximum absolute atomic E-state index is 5.85. The maximum Gasteiger partial charge on any atom is 0.0123 e. The molecule has 56 valence electrons. The van der Waals surface area contributed by atoms with Gasteiger partial charge in [-0.2, -0.15) is 0 Å². The van der Waals surface area contributed by atoms with E-state index in [2.05, 4.69) is 13.8 Å². The molecule has 0 aliphatic heterocycles. The van der Waals surface area contributed by atoms with Gasteiger partial charge in [-0.25, -0.2) is 0 Å². The summed E-state index contributed by atoms with van der Waals surface area (Å²) in [5.41, 5.74) is 11.2. The van der Waals surface area contributed by atoms with Crippen LogP contribution < -0.4 is 11.5 Å². The summed E-state index contributed by atoms with van der Waals surface area (Å²) in [6, 6.07) is 0. The molecule has 0 saturated carbocycles. The van der Waals surface area contributed by atoms with E-state index in [9.17, 15) is 0 Å². The van der Waals surface area contributed by atoms with E-state index in [1.807, 2.05) is 0 Å². The average Bonchev–Trinajstić information content (AvgIpc) is 1.84. The van der Waals surface area contributed by atoms with Crippen LogP contribution in [0, 0.1) is 0 Å². The van der Waals surface area contributed by atoms with E-state index in [-0.39, 0.29) is 5.54 Å². The summed E-state index contributed by atoms with van der Waals surface area (Å²) in [6.45, 7) is 4.94. The molecule has 9 heavy (non-hydrogen) atoms. The third-order valence-corrected chi connectivity index (χ3v) is 1.76. The number of rotatable bonds is 4. The molecule has 0 spiro atoms. The molecule has 0 amide bonds. The molecule has 2 nitrogen and oxygen atoms in total. The molecule has 0 heterocycles. The van der Waals surface area contributed by atoms with Crippen LogP contribution in [0.5, 0.6) is 0 Å². The molecule has 4 N–H and O–H groups in total. The summed E-state index contributed by atoms with van der Waals surface area (Å²) in [6.07, 6.45) is 3.12. The second kappa shape index (κ2) is 3.85. The monoisotopic (exact) mass is 130 g/mol. The van der Waals surface area contributed by atoms with Crippen LogP contribution >= 0.6 is 0 Å². The molecule has 0 rings (SSSR count). The molecule has 1 atom stereocenters. The standard InChI is InChI=1S/C7H18N2/c1-3-7(2,9)5-4-6-8/h3-6,8-9H2,1-2H3. The van der Waals surface area contributed by atoms with Crippen LogP contribution in [0.1, 0.15) is 33.1 Å². The molecule has 0 bridgehead atoms. The SMILES string of the molecule is CCC(C)(N)CCCN. The lowest BCUT2D eigenvalue weighted by Crippen LogP contribution is -2.35. The van der Waals surface area contributed by atoms with Crippen LogP contribution in [-0.2, 0) is 0 Å². The van der Waals surface area contributed by atoms with Gasteiger partial charge in [0.1, 0.15) is 0 Å². The van der Waals surface area contributed by atoms with Gasteiger partial charge in [0.05, 0.1) is 0 Å². The first-order valence-corrected chi connectivity index (χ1v) is 3.61. The lowest BCUT2D eigenvalue weighted by molar-refractivity contribution is 0.408. The first-order chi connectivity index (χ1) is 4.12. The van der Waals surface area contributed by atoms with Crippen molar-refractivity contribution in [3.8, 4) is 0 Å². The predicted molar refractivity (Wildman–Crippen MR) is 41.2 cm³/mol. The average molecular weight is 130 g/mol. The predicted octanol–water partition coefficient (Wildman–Crippen LogP) is 0.853. The van der Waals surface area contributed by atoms with Crippen LogP contribution in [-0.4, -0.2) is 12.1 Å². The minimum atomic E-state index is 0.0133. The molecule has 0 aliphatic rings. The molecule has 0 aromatic heterocycles. The van der Waals surface area contributed by atoms with Gasteiger partial charge in [-0.15, -0.1) is 0 Å². The Morgan fingerprint density at radius 2 is 2.00 bits per heavy atom. The minimum Gasteiger partial charge on any atom is -0.330 e. The summed E-state index contributed by atoms with van der Waals surface area (Å²) >= 11 is 0. The lowest BCUT2D eigenvalue weighted by atomic mass is 9.94. The first-order valence-electron chi connectivity index (χ1n) is 3.61. The highest BCUT2D eigenvalue weighted by Gasteiger charge is 2.13. The maximum atomic E-state index is 5.85. The molecule has 0 aromatic rings. The summed E-state index contributed by atoms with van der Waals surface area (Å²) in [7, 11) is 0. The fraction of sp³-hybridized carbons (Fsp3) is 1.00. The minimum absolute atomic E-state index is 0.0133. The third-order valence-electron chi connectivity index (χ3n) is 1.76. The zero-order valence-corrected chi connectivity index (χ0v) is 6.48. The Hall–Kier alpha value is -0.0800. The Kier molecular flexibility index (Phi) is 3.82. The van der Waals surface area contributed by atoms with E-state index in [4.69, 9.17) is 11.5 Å².